The summed E-state index contributed by atoms with van der Waals surface area (Å²) < 4.78 is 18.2. The zero-order valence-corrected chi connectivity index (χ0v) is 30.8. The molecule has 0 saturated carbocycles. The lowest BCUT2D eigenvalue weighted by molar-refractivity contribution is 0.321. The minimum absolute atomic E-state index is 0.602. The number of unbranched alkanes of at least 4 members (excludes halogenated alkanes) is 30. The van der Waals surface area contributed by atoms with E-state index in [1.165, 1.54) is 204 Å². The van der Waals surface area contributed by atoms with Gasteiger partial charge in [-0.05, 0) is 12.8 Å². The minimum Gasteiger partial charge on any atom is -0.314 e. The quantitative estimate of drug-likeness (QED) is 0.0422. The molecular formula is C36H75O2PS2. The van der Waals surface area contributed by atoms with Crippen molar-refractivity contribution in [3.8, 4) is 0 Å². The molecule has 5 heteroatoms. The highest BCUT2D eigenvalue weighted by atomic mass is 33.1. The molecule has 0 N–H and O–H groups in total. The number of thiol groups is 1. The molecule has 0 spiro atoms. The maximum Gasteiger partial charge on any atom is 0.310 e. The van der Waals surface area contributed by atoms with E-state index >= 15 is 0 Å². The van der Waals surface area contributed by atoms with Crippen LogP contribution in [0, 0.1) is 0 Å². The van der Waals surface area contributed by atoms with E-state index in [0.717, 1.165) is 18.6 Å². The highest BCUT2D eigenvalue weighted by Gasteiger charge is 2.17. The summed E-state index contributed by atoms with van der Waals surface area (Å²) >= 11 is 5.80. The van der Waals surface area contributed by atoms with Gasteiger partial charge in [-0.3, -0.25) is 4.57 Å². The molecule has 0 fully saturated rings. The first-order valence-corrected chi connectivity index (χ1v) is 23.1. The standard InChI is InChI=1S/C36H75O2PS2/c1-3-5-7-9-11-13-15-17-19-21-23-25-27-29-31-33-35-38-39(37,40)41-36-34-32-30-28-26-24-22-20-18-16-14-12-10-8-6-4-2/h3-36H2,1-2H3,(H,37,40). The lowest BCUT2D eigenvalue weighted by Gasteiger charge is -2.12. The van der Waals surface area contributed by atoms with Crippen LogP contribution in [-0.2, 0) is 9.09 Å². The topological polar surface area (TPSA) is 26.3 Å². The van der Waals surface area contributed by atoms with Gasteiger partial charge in [0.15, 0.2) is 0 Å². The van der Waals surface area contributed by atoms with Crippen LogP contribution in [0.5, 0.6) is 0 Å². The van der Waals surface area contributed by atoms with Crippen molar-refractivity contribution in [2.45, 2.75) is 219 Å². The van der Waals surface area contributed by atoms with Gasteiger partial charge in [0.25, 0.3) is 0 Å². The Morgan fingerprint density at radius 2 is 0.659 bits per heavy atom. The predicted molar refractivity (Wildman–Crippen MR) is 194 cm³/mol. The Hall–Kier alpha value is 0.890. The average Bonchev–Trinajstić information content (AvgIpc) is 2.96. The fraction of sp³-hybridized carbons (Fsp3) is 1.00. The first-order chi connectivity index (χ1) is 20.1. The molecular weight excluding hydrogens is 560 g/mol. The summed E-state index contributed by atoms with van der Waals surface area (Å²) in [5.74, 6) is -1.85. The van der Waals surface area contributed by atoms with Crippen molar-refractivity contribution in [2.75, 3.05) is 12.4 Å². The van der Waals surface area contributed by atoms with Crippen molar-refractivity contribution in [1.29, 1.82) is 0 Å². The Bertz CT molecular complexity index is 490. The van der Waals surface area contributed by atoms with Crippen LogP contribution < -0.4 is 0 Å². The molecule has 1 atom stereocenters. The fourth-order valence-corrected chi connectivity index (χ4v) is 9.20. The molecule has 248 valence electrons. The van der Waals surface area contributed by atoms with Crippen molar-refractivity contribution < 1.29 is 9.09 Å². The zero-order valence-electron chi connectivity index (χ0n) is 28.2. The van der Waals surface area contributed by atoms with Crippen molar-refractivity contribution in [3.63, 3.8) is 0 Å². The van der Waals surface area contributed by atoms with Crippen molar-refractivity contribution >= 4 is 29.4 Å². The van der Waals surface area contributed by atoms with E-state index in [2.05, 4.69) is 26.1 Å². The third-order valence-corrected chi connectivity index (χ3v) is 13.0. The second-order valence-corrected chi connectivity index (χ2v) is 19.2. The molecule has 0 aliphatic carbocycles. The molecule has 0 aromatic rings. The number of rotatable bonds is 36. The maximum absolute atomic E-state index is 12.5. The summed E-state index contributed by atoms with van der Waals surface area (Å²) in [6.45, 7) is 5.18. The molecule has 2 nitrogen and oxygen atoms in total. The summed E-state index contributed by atoms with van der Waals surface area (Å²) in [5.41, 5.74) is 0. The smallest absolute Gasteiger partial charge is 0.310 e. The molecule has 0 aromatic carbocycles. The molecule has 0 aromatic heterocycles. The van der Waals surface area contributed by atoms with Gasteiger partial charge < -0.3 is 4.52 Å². The van der Waals surface area contributed by atoms with Gasteiger partial charge in [0.05, 0.1) is 6.61 Å². The van der Waals surface area contributed by atoms with Crippen molar-refractivity contribution in [2.24, 2.45) is 0 Å². The van der Waals surface area contributed by atoms with E-state index in [4.69, 9.17) is 4.52 Å². The maximum atomic E-state index is 12.5. The zero-order chi connectivity index (χ0) is 30.0. The predicted octanol–water partition coefficient (Wildman–Crippen LogP) is 15.3. The van der Waals surface area contributed by atoms with E-state index in [0.29, 0.717) is 6.61 Å². The number of hydrogen-bond donors (Lipinski definition) is 1. The van der Waals surface area contributed by atoms with Crippen molar-refractivity contribution in [3.05, 3.63) is 0 Å². The third-order valence-electron chi connectivity index (χ3n) is 8.50. The van der Waals surface area contributed by atoms with E-state index in [1.54, 1.807) is 0 Å². The highest BCUT2D eigenvalue weighted by Crippen LogP contribution is 2.64. The summed E-state index contributed by atoms with van der Waals surface area (Å²) in [7, 11) is 0. The lowest BCUT2D eigenvalue weighted by atomic mass is 10.0. The first kappa shape index (κ1) is 41.9. The molecule has 41 heavy (non-hydrogen) atoms. The molecule has 0 rings (SSSR count). The first-order valence-electron chi connectivity index (χ1n) is 18.7. The monoisotopic (exact) mass is 634 g/mol. The SMILES string of the molecule is CCCCCCCCCCCCCCCCCCOP(=O)(S)SCCCCCCCCCCCCCCCCCC. The van der Waals surface area contributed by atoms with Gasteiger partial charge in [-0.15, -0.1) is 0 Å². The summed E-state index contributed by atoms with van der Waals surface area (Å²) in [5, 5.41) is 0. The second kappa shape index (κ2) is 35.4. The van der Waals surface area contributed by atoms with Crippen LogP contribution in [0.25, 0.3) is 0 Å². The van der Waals surface area contributed by atoms with Gasteiger partial charge >= 0.3 is 5.77 Å². The summed E-state index contributed by atoms with van der Waals surface area (Å²) in [6, 6.07) is 0. The Morgan fingerprint density at radius 3 is 0.951 bits per heavy atom. The molecule has 1 unspecified atom stereocenters. The Balaban J connectivity index is 3.26. The van der Waals surface area contributed by atoms with Crippen molar-refractivity contribution in [1.82, 2.24) is 0 Å². The van der Waals surface area contributed by atoms with Crippen LogP contribution in [0.4, 0.5) is 0 Å². The molecule has 0 aliphatic heterocycles. The largest absolute Gasteiger partial charge is 0.314 e. The second-order valence-electron chi connectivity index (χ2n) is 12.7. The van der Waals surface area contributed by atoms with Gasteiger partial charge in [0.2, 0.25) is 0 Å². The molecule has 0 radical (unpaired) electrons. The van der Waals surface area contributed by atoms with E-state index in [9.17, 15) is 4.57 Å². The van der Waals surface area contributed by atoms with Crippen LogP contribution in [0.3, 0.4) is 0 Å². The van der Waals surface area contributed by atoms with E-state index in [-0.39, 0.29) is 0 Å². The van der Waals surface area contributed by atoms with Crippen LogP contribution in [0.1, 0.15) is 219 Å². The summed E-state index contributed by atoms with van der Waals surface area (Å²) in [6.07, 6.45) is 44.0. The Morgan fingerprint density at radius 1 is 0.415 bits per heavy atom. The van der Waals surface area contributed by atoms with Gasteiger partial charge in [-0.25, -0.2) is 0 Å². The highest BCUT2D eigenvalue weighted by molar-refractivity contribution is 8.84. The molecule has 0 saturated heterocycles. The fourth-order valence-electron chi connectivity index (χ4n) is 5.70. The normalized spacial score (nSPS) is 13.1. The molecule has 0 heterocycles. The van der Waals surface area contributed by atoms with Crippen LogP contribution in [0.15, 0.2) is 0 Å². The van der Waals surface area contributed by atoms with Crippen LogP contribution in [0.2, 0.25) is 0 Å². The van der Waals surface area contributed by atoms with Gasteiger partial charge in [0.1, 0.15) is 0 Å². The van der Waals surface area contributed by atoms with Gasteiger partial charge in [-0.1, -0.05) is 230 Å². The molecule has 0 bridgehead atoms. The van der Waals surface area contributed by atoms with E-state index < -0.39 is 5.77 Å². The summed E-state index contributed by atoms with van der Waals surface area (Å²) in [4.78, 5) is 0. The van der Waals surface area contributed by atoms with Crippen LogP contribution in [-0.4, -0.2) is 12.4 Å². The molecule has 0 aliphatic rings. The number of hydrogen-bond acceptors (Lipinski definition) is 3. The minimum atomic E-state index is -2.76. The van der Waals surface area contributed by atoms with Crippen LogP contribution >= 0.6 is 29.4 Å². The molecule has 0 amide bonds. The average molecular weight is 635 g/mol. The third kappa shape index (κ3) is 37.0. The Kier molecular flexibility index (Phi) is 36.1. The van der Waals surface area contributed by atoms with Gasteiger partial charge in [0, 0.05) is 5.75 Å². The van der Waals surface area contributed by atoms with Gasteiger partial charge in [-0.2, -0.15) is 0 Å². The van der Waals surface area contributed by atoms with E-state index in [1.807, 2.05) is 0 Å². The Labute approximate surface area is 269 Å². The lowest BCUT2D eigenvalue weighted by Crippen LogP contribution is -1.90.